The van der Waals surface area contributed by atoms with Crippen LogP contribution in [0.15, 0.2) is 46.4 Å². The lowest BCUT2D eigenvalue weighted by Gasteiger charge is -2.09. The van der Waals surface area contributed by atoms with Gasteiger partial charge in [0, 0.05) is 10.2 Å². The highest BCUT2D eigenvalue weighted by atomic mass is 79.9. The standard InChI is InChI=1S/C13H10BrN3S/c14-8-2-1-3-9(6-8)17-10-4-5-11-13(12(10)15)16-7-18-11/h1-7,17H,15H2. The van der Waals surface area contributed by atoms with Gasteiger partial charge >= 0.3 is 0 Å². The van der Waals surface area contributed by atoms with E-state index in [2.05, 4.69) is 26.2 Å². The zero-order chi connectivity index (χ0) is 12.5. The second-order valence-corrected chi connectivity index (χ2v) is 5.66. The average molecular weight is 320 g/mol. The van der Waals surface area contributed by atoms with Gasteiger partial charge in [-0.15, -0.1) is 11.3 Å². The largest absolute Gasteiger partial charge is 0.395 e. The van der Waals surface area contributed by atoms with Crippen molar-refractivity contribution in [2.24, 2.45) is 0 Å². The summed E-state index contributed by atoms with van der Waals surface area (Å²) in [5, 5.41) is 3.30. The van der Waals surface area contributed by atoms with E-state index in [4.69, 9.17) is 5.73 Å². The monoisotopic (exact) mass is 319 g/mol. The summed E-state index contributed by atoms with van der Waals surface area (Å²) in [6.07, 6.45) is 0. The Bertz CT molecular complexity index is 708. The van der Waals surface area contributed by atoms with Crippen LogP contribution in [-0.4, -0.2) is 4.98 Å². The third-order valence-corrected chi connectivity index (χ3v) is 3.93. The Kier molecular flexibility index (Phi) is 2.93. The number of hydrogen-bond donors (Lipinski definition) is 2. The van der Waals surface area contributed by atoms with Gasteiger partial charge in [-0.3, -0.25) is 0 Å². The zero-order valence-corrected chi connectivity index (χ0v) is 11.8. The van der Waals surface area contributed by atoms with Gasteiger partial charge in [-0.2, -0.15) is 0 Å². The van der Waals surface area contributed by atoms with Gasteiger partial charge in [0.15, 0.2) is 0 Å². The number of thiazole rings is 1. The van der Waals surface area contributed by atoms with Crippen LogP contribution in [0.5, 0.6) is 0 Å². The molecule has 18 heavy (non-hydrogen) atoms. The minimum absolute atomic E-state index is 0.689. The maximum Gasteiger partial charge on any atom is 0.106 e. The van der Waals surface area contributed by atoms with E-state index in [1.807, 2.05) is 41.9 Å². The van der Waals surface area contributed by atoms with Crippen molar-refractivity contribution in [2.45, 2.75) is 0 Å². The minimum atomic E-state index is 0.689. The Balaban J connectivity index is 2.02. The van der Waals surface area contributed by atoms with Crippen LogP contribution in [-0.2, 0) is 0 Å². The Labute approximate surface area is 117 Å². The molecular weight excluding hydrogens is 310 g/mol. The predicted molar refractivity (Wildman–Crippen MR) is 81.5 cm³/mol. The highest BCUT2D eigenvalue weighted by Gasteiger charge is 2.06. The first-order valence-corrected chi connectivity index (χ1v) is 7.05. The van der Waals surface area contributed by atoms with Crippen molar-refractivity contribution in [1.29, 1.82) is 0 Å². The average Bonchev–Trinajstić information content (AvgIpc) is 2.82. The summed E-state index contributed by atoms with van der Waals surface area (Å²) in [6, 6.07) is 12.0. The number of hydrogen-bond acceptors (Lipinski definition) is 4. The molecule has 3 aromatic rings. The molecule has 0 amide bonds. The van der Waals surface area contributed by atoms with Gasteiger partial charge in [0.25, 0.3) is 0 Å². The number of nitrogens with two attached hydrogens (primary N) is 1. The molecule has 3 rings (SSSR count). The smallest absolute Gasteiger partial charge is 0.106 e. The third kappa shape index (κ3) is 2.07. The Morgan fingerprint density at radius 1 is 1.22 bits per heavy atom. The van der Waals surface area contributed by atoms with Crippen molar-refractivity contribution < 1.29 is 0 Å². The molecule has 1 aromatic heterocycles. The van der Waals surface area contributed by atoms with E-state index in [1.165, 1.54) is 0 Å². The molecule has 0 fully saturated rings. The van der Waals surface area contributed by atoms with Gasteiger partial charge in [0.05, 0.1) is 21.6 Å². The molecular formula is C13H10BrN3S. The van der Waals surface area contributed by atoms with Crippen molar-refractivity contribution in [3.8, 4) is 0 Å². The van der Waals surface area contributed by atoms with Crippen molar-refractivity contribution in [3.63, 3.8) is 0 Å². The Hall–Kier alpha value is -1.59. The molecule has 0 aliphatic carbocycles. The number of rotatable bonds is 2. The van der Waals surface area contributed by atoms with Gasteiger partial charge in [-0.25, -0.2) is 4.98 Å². The summed E-state index contributed by atoms with van der Waals surface area (Å²) in [5.41, 5.74) is 11.4. The van der Waals surface area contributed by atoms with Crippen LogP contribution >= 0.6 is 27.3 Å². The van der Waals surface area contributed by atoms with Gasteiger partial charge in [0.1, 0.15) is 5.52 Å². The topological polar surface area (TPSA) is 50.9 Å². The molecule has 1 heterocycles. The second kappa shape index (κ2) is 4.59. The molecule has 0 bridgehead atoms. The molecule has 90 valence electrons. The Morgan fingerprint density at radius 3 is 2.94 bits per heavy atom. The fourth-order valence-electron chi connectivity index (χ4n) is 1.78. The number of nitrogen functional groups attached to an aromatic ring is 1. The summed E-state index contributed by atoms with van der Waals surface area (Å²) in [5.74, 6) is 0. The summed E-state index contributed by atoms with van der Waals surface area (Å²) in [7, 11) is 0. The maximum atomic E-state index is 6.12. The quantitative estimate of drug-likeness (QED) is 0.689. The highest BCUT2D eigenvalue weighted by Crippen LogP contribution is 2.32. The lowest BCUT2D eigenvalue weighted by atomic mass is 10.2. The number of anilines is 3. The minimum Gasteiger partial charge on any atom is -0.395 e. The van der Waals surface area contributed by atoms with E-state index in [-0.39, 0.29) is 0 Å². The van der Waals surface area contributed by atoms with Gasteiger partial charge < -0.3 is 11.1 Å². The molecule has 0 radical (unpaired) electrons. The summed E-state index contributed by atoms with van der Waals surface area (Å²) >= 11 is 5.04. The predicted octanol–water partition coefficient (Wildman–Crippen LogP) is 4.38. The Morgan fingerprint density at radius 2 is 2.11 bits per heavy atom. The van der Waals surface area contributed by atoms with Crippen molar-refractivity contribution >= 4 is 54.5 Å². The van der Waals surface area contributed by atoms with E-state index < -0.39 is 0 Å². The lowest BCUT2D eigenvalue weighted by molar-refractivity contribution is 1.48. The first kappa shape index (κ1) is 11.5. The number of nitrogens with zero attached hydrogens (tertiary/aromatic N) is 1. The normalized spacial score (nSPS) is 10.7. The molecule has 5 heteroatoms. The van der Waals surface area contributed by atoms with Gasteiger partial charge in [-0.05, 0) is 30.3 Å². The van der Waals surface area contributed by atoms with Crippen LogP contribution < -0.4 is 11.1 Å². The number of aromatic nitrogens is 1. The fraction of sp³-hybridized carbons (Fsp3) is 0. The molecule has 0 saturated carbocycles. The number of fused-ring (bicyclic) bond motifs is 1. The molecule has 0 saturated heterocycles. The summed E-state index contributed by atoms with van der Waals surface area (Å²) in [6.45, 7) is 0. The van der Waals surface area contributed by atoms with E-state index in [0.29, 0.717) is 5.69 Å². The van der Waals surface area contributed by atoms with Crippen molar-refractivity contribution in [1.82, 2.24) is 4.98 Å². The number of benzene rings is 2. The van der Waals surface area contributed by atoms with Crippen molar-refractivity contribution in [2.75, 3.05) is 11.1 Å². The fourth-order valence-corrected chi connectivity index (χ4v) is 2.87. The highest BCUT2D eigenvalue weighted by molar-refractivity contribution is 9.10. The van der Waals surface area contributed by atoms with Crippen LogP contribution in [0.2, 0.25) is 0 Å². The molecule has 3 N–H and O–H groups in total. The number of nitrogens with one attached hydrogen (secondary N) is 1. The van der Waals surface area contributed by atoms with Crippen molar-refractivity contribution in [3.05, 3.63) is 46.4 Å². The molecule has 3 nitrogen and oxygen atoms in total. The van der Waals surface area contributed by atoms with E-state index >= 15 is 0 Å². The van der Waals surface area contributed by atoms with Crippen LogP contribution in [0.4, 0.5) is 17.1 Å². The molecule has 0 aliphatic heterocycles. The molecule has 0 aliphatic rings. The molecule has 0 spiro atoms. The van der Waals surface area contributed by atoms with Gasteiger partial charge in [0.2, 0.25) is 0 Å². The van der Waals surface area contributed by atoms with E-state index in [1.54, 1.807) is 11.3 Å². The van der Waals surface area contributed by atoms with Crippen LogP contribution in [0.25, 0.3) is 10.2 Å². The molecule has 2 aromatic carbocycles. The van der Waals surface area contributed by atoms with Gasteiger partial charge in [-0.1, -0.05) is 22.0 Å². The molecule has 0 atom stereocenters. The van der Waals surface area contributed by atoms with E-state index in [9.17, 15) is 0 Å². The second-order valence-electron chi connectivity index (χ2n) is 3.86. The lowest BCUT2D eigenvalue weighted by Crippen LogP contribution is -1.96. The molecule has 0 unspecified atom stereocenters. The summed E-state index contributed by atoms with van der Waals surface area (Å²) in [4.78, 5) is 4.28. The summed E-state index contributed by atoms with van der Waals surface area (Å²) < 4.78 is 2.13. The SMILES string of the molecule is Nc1c(Nc2cccc(Br)c2)ccc2scnc12. The van der Waals surface area contributed by atoms with E-state index in [0.717, 1.165) is 26.1 Å². The van der Waals surface area contributed by atoms with Crippen LogP contribution in [0.3, 0.4) is 0 Å². The number of halogens is 1. The maximum absolute atomic E-state index is 6.12. The van der Waals surface area contributed by atoms with Crippen LogP contribution in [0.1, 0.15) is 0 Å². The zero-order valence-electron chi connectivity index (χ0n) is 9.35. The first-order chi connectivity index (χ1) is 8.74. The third-order valence-electron chi connectivity index (χ3n) is 2.65. The van der Waals surface area contributed by atoms with Crippen LogP contribution in [0, 0.1) is 0 Å². The first-order valence-electron chi connectivity index (χ1n) is 5.38.